The van der Waals surface area contributed by atoms with Crippen LogP contribution < -0.4 is 10.8 Å². The fourth-order valence-corrected chi connectivity index (χ4v) is 3.41. The van der Waals surface area contributed by atoms with E-state index in [1.54, 1.807) is 35.9 Å². The number of amides is 1. The zero-order valence-corrected chi connectivity index (χ0v) is 19.5. The topological polar surface area (TPSA) is 74.2 Å². The third kappa shape index (κ3) is 12.7. The first kappa shape index (κ1) is 28.5. The van der Waals surface area contributed by atoms with Gasteiger partial charge < -0.3 is 5.32 Å². The fraction of sp³-hybridized carbons (Fsp3) is 0.429. The molecule has 0 aliphatic carbocycles. The van der Waals surface area contributed by atoms with Gasteiger partial charge in [-0.15, -0.1) is 23.1 Å². The van der Waals surface area contributed by atoms with E-state index in [9.17, 15) is 4.79 Å². The van der Waals surface area contributed by atoms with Gasteiger partial charge in [-0.3, -0.25) is 10.0 Å². The van der Waals surface area contributed by atoms with Crippen molar-refractivity contribution in [1.82, 2.24) is 15.8 Å². The quantitative estimate of drug-likeness (QED) is 0.196. The summed E-state index contributed by atoms with van der Waals surface area (Å²) in [5.74, 6) is 0.0947. The van der Waals surface area contributed by atoms with Gasteiger partial charge in [0.05, 0.1) is 10.6 Å². The SMILES string of the molecule is C=C/C=C\C(=C/C)CNCc1nc(CS/C(=C\C)C(=O)NO)cs1.CC.CC. The minimum Gasteiger partial charge on any atom is -0.306 e. The molecule has 5 nitrogen and oxygen atoms in total. The number of nitrogens with one attached hydrogen (secondary N) is 2. The Hall–Kier alpha value is -1.67. The summed E-state index contributed by atoms with van der Waals surface area (Å²) >= 11 is 2.94. The van der Waals surface area contributed by atoms with Crippen LogP contribution in [0.2, 0.25) is 0 Å². The van der Waals surface area contributed by atoms with Gasteiger partial charge in [0.2, 0.25) is 0 Å². The fourth-order valence-electron chi connectivity index (χ4n) is 1.75. The highest BCUT2D eigenvalue weighted by Crippen LogP contribution is 2.22. The van der Waals surface area contributed by atoms with E-state index in [1.807, 2.05) is 52.2 Å². The predicted molar refractivity (Wildman–Crippen MR) is 125 cm³/mol. The highest BCUT2D eigenvalue weighted by molar-refractivity contribution is 8.03. The summed E-state index contributed by atoms with van der Waals surface area (Å²) in [6.07, 6.45) is 9.42. The number of rotatable bonds is 10. The number of hydroxylamine groups is 1. The van der Waals surface area contributed by atoms with Gasteiger partial charge in [-0.25, -0.2) is 10.5 Å². The van der Waals surface area contributed by atoms with Crippen molar-refractivity contribution >= 4 is 29.0 Å². The molecule has 0 saturated heterocycles. The van der Waals surface area contributed by atoms with Crippen LogP contribution in [0.5, 0.6) is 0 Å². The molecule has 0 fully saturated rings. The zero-order chi connectivity index (χ0) is 21.8. The van der Waals surface area contributed by atoms with Crippen LogP contribution in [0.25, 0.3) is 0 Å². The summed E-state index contributed by atoms with van der Waals surface area (Å²) in [7, 11) is 0. The van der Waals surface area contributed by atoms with E-state index in [1.165, 1.54) is 17.3 Å². The normalized spacial score (nSPS) is 11.2. The smallest absolute Gasteiger partial charge is 0.280 e. The minimum atomic E-state index is -0.494. The Morgan fingerprint density at radius 3 is 2.50 bits per heavy atom. The third-order valence-electron chi connectivity index (χ3n) is 2.98. The van der Waals surface area contributed by atoms with Crippen molar-refractivity contribution in [3.63, 3.8) is 0 Å². The number of carbonyl (C=O) groups excluding carboxylic acids is 1. The summed E-state index contributed by atoms with van der Waals surface area (Å²) in [4.78, 5) is 16.4. The van der Waals surface area contributed by atoms with Crippen molar-refractivity contribution in [2.45, 2.75) is 53.8 Å². The second kappa shape index (κ2) is 20.1. The summed E-state index contributed by atoms with van der Waals surface area (Å²) < 4.78 is 0. The van der Waals surface area contributed by atoms with Crippen LogP contribution in [-0.2, 0) is 17.1 Å². The van der Waals surface area contributed by atoms with Gasteiger partial charge in [-0.1, -0.05) is 64.7 Å². The number of hydrogen-bond acceptors (Lipinski definition) is 6. The number of hydrogen-bond donors (Lipinski definition) is 3. The van der Waals surface area contributed by atoms with Crippen LogP contribution in [0.15, 0.2) is 52.8 Å². The Morgan fingerprint density at radius 2 is 1.96 bits per heavy atom. The zero-order valence-electron chi connectivity index (χ0n) is 17.9. The molecule has 1 amide bonds. The number of carbonyl (C=O) groups is 1. The van der Waals surface area contributed by atoms with Crippen LogP contribution in [0.3, 0.4) is 0 Å². The maximum atomic E-state index is 11.4. The lowest BCUT2D eigenvalue weighted by Gasteiger charge is -2.03. The third-order valence-corrected chi connectivity index (χ3v) is 5.05. The van der Waals surface area contributed by atoms with Crippen molar-refractivity contribution in [3.05, 3.63) is 63.5 Å². The van der Waals surface area contributed by atoms with E-state index in [4.69, 9.17) is 5.21 Å². The van der Waals surface area contributed by atoms with Crippen molar-refractivity contribution in [1.29, 1.82) is 0 Å². The van der Waals surface area contributed by atoms with E-state index in [0.717, 1.165) is 17.2 Å². The highest BCUT2D eigenvalue weighted by atomic mass is 32.2. The van der Waals surface area contributed by atoms with Crippen LogP contribution in [0.4, 0.5) is 0 Å². The molecule has 3 N–H and O–H groups in total. The Kier molecular flexibility index (Phi) is 20.5. The van der Waals surface area contributed by atoms with Gasteiger partial charge in [-0.05, 0) is 19.4 Å². The van der Waals surface area contributed by atoms with Gasteiger partial charge in [0.1, 0.15) is 5.01 Å². The van der Waals surface area contributed by atoms with Crippen molar-refractivity contribution in [3.8, 4) is 0 Å². The first-order chi connectivity index (χ1) is 13.6. The van der Waals surface area contributed by atoms with Crippen molar-refractivity contribution < 1.29 is 10.0 Å². The molecular weight excluding hydrogens is 390 g/mol. The molecule has 0 aromatic carbocycles. The Morgan fingerprint density at radius 1 is 1.29 bits per heavy atom. The number of aromatic nitrogens is 1. The summed E-state index contributed by atoms with van der Waals surface area (Å²) in [5, 5.41) is 15.0. The molecule has 1 aromatic rings. The van der Waals surface area contributed by atoms with Gasteiger partial charge in [0, 0.05) is 24.2 Å². The molecule has 0 aliphatic heterocycles. The van der Waals surface area contributed by atoms with Gasteiger partial charge in [0.15, 0.2) is 0 Å². The van der Waals surface area contributed by atoms with Crippen LogP contribution in [0.1, 0.15) is 52.2 Å². The molecular formula is C21H35N3O2S2. The van der Waals surface area contributed by atoms with Crippen molar-refractivity contribution in [2.75, 3.05) is 6.54 Å². The number of thioether (sulfide) groups is 1. The average Bonchev–Trinajstić information content (AvgIpc) is 3.21. The Labute approximate surface area is 178 Å². The van der Waals surface area contributed by atoms with Crippen molar-refractivity contribution in [2.24, 2.45) is 0 Å². The minimum absolute atomic E-state index is 0.469. The van der Waals surface area contributed by atoms with E-state index in [2.05, 4.69) is 23.0 Å². The molecule has 1 heterocycles. The molecule has 0 unspecified atom stereocenters. The first-order valence-electron chi connectivity index (χ1n) is 9.46. The Balaban J connectivity index is 0. The summed E-state index contributed by atoms with van der Waals surface area (Å²) in [6.45, 7) is 16.9. The van der Waals surface area contributed by atoms with E-state index in [-0.39, 0.29) is 0 Å². The second-order valence-corrected chi connectivity index (χ2v) is 6.64. The summed E-state index contributed by atoms with van der Waals surface area (Å²) in [6, 6.07) is 0. The number of allylic oxidation sites excluding steroid dienone is 4. The molecule has 0 spiro atoms. The molecule has 158 valence electrons. The van der Waals surface area contributed by atoms with Crippen LogP contribution in [0, 0.1) is 0 Å². The lowest BCUT2D eigenvalue weighted by molar-refractivity contribution is -0.124. The molecule has 0 atom stereocenters. The molecule has 0 bridgehead atoms. The number of nitrogens with zero attached hydrogens (tertiary/aromatic N) is 1. The Bertz CT molecular complexity index is 635. The lowest BCUT2D eigenvalue weighted by Crippen LogP contribution is -2.19. The van der Waals surface area contributed by atoms with E-state index >= 15 is 0 Å². The van der Waals surface area contributed by atoms with Crippen LogP contribution >= 0.6 is 23.1 Å². The maximum absolute atomic E-state index is 11.4. The largest absolute Gasteiger partial charge is 0.306 e. The van der Waals surface area contributed by atoms with Gasteiger partial charge >= 0.3 is 0 Å². The predicted octanol–water partition coefficient (Wildman–Crippen LogP) is 5.62. The standard InChI is InChI=1S/C17H23N3O2S2.2C2H6/c1-4-7-8-13(5-2)9-18-10-16-19-14(12-24-16)11-23-15(6-3)17(21)20-22;2*1-2/h4-8,12,18,22H,1,9-11H2,2-3H3,(H,20,21);2*1-2H3/b8-7-,13-5+,15-6-;;. The highest BCUT2D eigenvalue weighted by Gasteiger charge is 2.09. The molecule has 0 saturated carbocycles. The average molecular weight is 426 g/mol. The maximum Gasteiger partial charge on any atom is 0.280 e. The first-order valence-corrected chi connectivity index (χ1v) is 11.3. The monoisotopic (exact) mass is 425 g/mol. The molecule has 0 radical (unpaired) electrons. The lowest BCUT2D eigenvalue weighted by atomic mass is 10.2. The van der Waals surface area contributed by atoms with Gasteiger partial charge in [-0.2, -0.15) is 0 Å². The van der Waals surface area contributed by atoms with Crippen LogP contribution in [-0.4, -0.2) is 22.6 Å². The summed E-state index contributed by atoms with van der Waals surface area (Å²) in [5.41, 5.74) is 3.75. The second-order valence-electron chi connectivity index (χ2n) is 4.68. The molecule has 7 heteroatoms. The number of thiazole rings is 1. The molecule has 28 heavy (non-hydrogen) atoms. The molecule has 0 aliphatic rings. The van der Waals surface area contributed by atoms with Gasteiger partial charge in [0.25, 0.3) is 5.91 Å². The van der Waals surface area contributed by atoms with E-state index in [0.29, 0.717) is 17.2 Å². The molecule has 1 rings (SSSR count). The van der Waals surface area contributed by atoms with E-state index < -0.39 is 5.91 Å². The molecule has 1 aromatic heterocycles.